The fourth-order valence-corrected chi connectivity index (χ4v) is 4.19. The van der Waals surface area contributed by atoms with E-state index in [0.29, 0.717) is 6.61 Å². The van der Waals surface area contributed by atoms with Gasteiger partial charge in [0, 0.05) is 37.2 Å². The summed E-state index contributed by atoms with van der Waals surface area (Å²) in [6, 6.07) is 4.08. The highest BCUT2D eigenvalue weighted by molar-refractivity contribution is 5.97. The number of nitrogens with one attached hydrogen (secondary N) is 2. The van der Waals surface area contributed by atoms with Crippen molar-refractivity contribution >= 4 is 28.9 Å². The predicted molar refractivity (Wildman–Crippen MR) is 119 cm³/mol. The highest BCUT2D eigenvalue weighted by atomic mass is 16.5. The Kier molecular flexibility index (Phi) is 7.96. The number of nitrogens with zero attached hydrogens (tertiary/aromatic N) is 2. The van der Waals surface area contributed by atoms with E-state index in [0.717, 1.165) is 60.6 Å². The molecule has 3 heterocycles. The average molecular weight is 417 g/mol. The number of likely N-dealkylation sites (tertiary alicyclic amines) is 1. The standard InChI is InChI=1S/C21H30N4O2.CH2O2/c1-22-21-15-7-5-8-23-20(15)16-13-18(26-2)19(14-17(16)24-21)27-12-6-11-25-9-3-4-10-25;2-1-3/h13-14,23H,3-12H2,1-2H3,(H,22,24);1H,(H,2,3). The molecule has 0 aliphatic carbocycles. The average Bonchev–Trinajstić information content (AvgIpc) is 3.29. The molecular formula is C22H32N4O4. The molecule has 1 fully saturated rings. The van der Waals surface area contributed by atoms with Crippen LogP contribution in [0.15, 0.2) is 12.1 Å². The third-order valence-corrected chi connectivity index (χ3v) is 5.59. The summed E-state index contributed by atoms with van der Waals surface area (Å²) in [5.74, 6) is 2.50. The van der Waals surface area contributed by atoms with Gasteiger partial charge < -0.3 is 30.1 Å². The Morgan fingerprint density at radius 2 is 2.03 bits per heavy atom. The highest BCUT2D eigenvalue weighted by Crippen LogP contribution is 2.40. The number of methoxy groups -OCH3 is 1. The Labute approximate surface area is 177 Å². The SMILES string of the molecule is CNc1nc2cc(OCCCN3CCCC3)c(OC)cc2c2c1CCCN2.O=CO. The largest absolute Gasteiger partial charge is 0.493 e. The number of ether oxygens (including phenoxy) is 2. The topological polar surface area (TPSA) is 96.0 Å². The Hall–Kier alpha value is -2.74. The Bertz CT molecular complexity index is 853. The second-order valence-corrected chi connectivity index (χ2v) is 7.47. The van der Waals surface area contributed by atoms with Crippen LogP contribution in [-0.4, -0.2) is 68.4 Å². The van der Waals surface area contributed by atoms with Gasteiger partial charge in [-0.3, -0.25) is 4.79 Å². The molecule has 2 aromatic rings. The number of benzene rings is 1. The van der Waals surface area contributed by atoms with Crippen molar-refractivity contribution in [3.8, 4) is 11.5 Å². The summed E-state index contributed by atoms with van der Waals surface area (Å²) in [7, 11) is 3.63. The Morgan fingerprint density at radius 3 is 2.73 bits per heavy atom. The van der Waals surface area contributed by atoms with Crippen LogP contribution >= 0.6 is 0 Å². The van der Waals surface area contributed by atoms with Crippen molar-refractivity contribution in [2.45, 2.75) is 32.1 Å². The lowest BCUT2D eigenvalue weighted by Crippen LogP contribution is -2.22. The normalized spacial score (nSPS) is 15.5. The summed E-state index contributed by atoms with van der Waals surface area (Å²) in [5, 5.41) is 14.8. The summed E-state index contributed by atoms with van der Waals surface area (Å²) in [6.07, 6.45) is 5.86. The maximum atomic E-state index is 8.36. The fraction of sp³-hybridized carbons (Fsp3) is 0.545. The number of anilines is 2. The molecular weight excluding hydrogens is 384 g/mol. The molecule has 8 heteroatoms. The number of rotatable bonds is 7. The van der Waals surface area contributed by atoms with E-state index in [2.05, 4.69) is 21.6 Å². The number of hydrogen-bond donors (Lipinski definition) is 3. The highest BCUT2D eigenvalue weighted by Gasteiger charge is 2.20. The van der Waals surface area contributed by atoms with Crippen LogP contribution in [0.2, 0.25) is 0 Å². The van der Waals surface area contributed by atoms with Crippen molar-refractivity contribution in [2.24, 2.45) is 0 Å². The molecule has 0 saturated carbocycles. The minimum atomic E-state index is -0.250. The van der Waals surface area contributed by atoms with E-state index in [1.807, 2.05) is 13.1 Å². The first kappa shape index (κ1) is 22.0. The molecule has 164 valence electrons. The van der Waals surface area contributed by atoms with Gasteiger partial charge in [-0.05, 0) is 51.3 Å². The van der Waals surface area contributed by atoms with E-state index in [1.165, 1.54) is 37.2 Å². The summed E-state index contributed by atoms with van der Waals surface area (Å²) < 4.78 is 11.7. The van der Waals surface area contributed by atoms with Gasteiger partial charge in [0.15, 0.2) is 11.5 Å². The molecule has 0 atom stereocenters. The number of pyridine rings is 1. The molecule has 0 amide bonds. The van der Waals surface area contributed by atoms with Crippen LogP contribution in [0.25, 0.3) is 10.9 Å². The molecule has 30 heavy (non-hydrogen) atoms. The Morgan fingerprint density at radius 1 is 1.27 bits per heavy atom. The van der Waals surface area contributed by atoms with Gasteiger partial charge in [0.2, 0.25) is 0 Å². The molecule has 1 aromatic heterocycles. The molecule has 0 spiro atoms. The lowest BCUT2D eigenvalue weighted by Gasteiger charge is -2.23. The van der Waals surface area contributed by atoms with Crippen LogP contribution in [0.4, 0.5) is 11.5 Å². The van der Waals surface area contributed by atoms with Gasteiger partial charge in [0.25, 0.3) is 6.47 Å². The lowest BCUT2D eigenvalue weighted by molar-refractivity contribution is -0.122. The monoisotopic (exact) mass is 416 g/mol. The summed E-state index contributed by atoms with van der Waals surface area (Å²) in [6.45, 7) is 5.00. The van der Waals surface area contributed by atoms with Gasteiger partial charge in [-0.25, -0.2) is 4.98 Å². The number of carbonyl (C=O) groups is 1. The van der Waals surface area contributed by atoms with Crippen molar-refractivity contribution in [1.29, 1.82) is 0 Å². The second kappa shape index (κ2) is 10.9. The quantitative estimate of drug-likeness (QED) is 0.468. The molecule has 3 N–H and O–H groups in total. The van der Waals surface area contributed by atoms with E-state index in [9.17, 15) is 0 Å². The zero-order valence-electron chi connectivity index (χ0n) is 17.9. The summed E-state index contributed by atoms with van der Waals surface area (Å²) in [4.78, 5) is 15.7. The van der Waals surface area contributed by atoms with Crippen LogP contribution in [0.5, 0.6) is 11.5 Å². The van der Waals surface area contributed by atoms with Crippen LogP contribution in [0.3, 0.4) is 0 Å². The van der Waals surface area contributed by atoms with Crippen molar-refractivity contribution in [2.75, 3.05) is 57.6 Å². The van der Waals surface area contributed by atoms with Crippen molar-refractivity contribution < 1.29 is 19.4 Å². The van der Waals surface area contributed by atoms with Crippen molar-refractivity contribution in [1.82, 2.24) is 9.88 Å². The van der Waals surface area contributed by atoms with Gasteiger partial charge in [-0.15, -0.1) is 0 Å². The minimum absolute atomic E-state index is 0.250. The number of aromatic nitrogens is 1. The van der Waals surface area contributed by atoms with Gasteiger partial charge in [0.1, 0.15) is 5.82 Å². The van der Waals surface area contributed by atoms with Crippen molar-refractivity contribution in [3.63, 3.8) is 0 Å². The zero-order chi connectivity index (χ0) is 21.3. The molecule has 2 aliphatic rings. The van der Waals surface area contributed by atoms with Crippen LogP contribution in [0, 0.1) is 0 Å². The summed E-state index contributed by atoms with van der Waals surface area (Å²) in [5.41, 5.74) is 3.37. The smallest absolute Gasteiger partial charge is 0.290 e. The maximum Gasteiger partial charge on any atom is 0.290 e. The van der Waals surface area contributed by atoms with E-state index in [1.54, 1.807) is 7.11 Å². The number of fused-ring (bicyclic) bond motifs is 3. The van der Waals surface area contributed by atoms with Crippen LogP contribution in [0.1, 0.15) is 31.2 Å². The molecule has 0 unspecified atom stereocenters. The van der Waals surface area contributed by atoms with E-state index < -0.39 is 0 Å². The Balaban J connectivity index is 0.000000806. The molecule has 4 rings (SSSR count). The van der Waals surface area contributed by atoms with E-state index in [-0.39, 0.29) is 6.47 Å². The van der Waals surface area contributed by atoms with Gasteiger partial charge in [0.05, 0.1) is 24.9 Å². The van der Waals surface area contributed by atoms with Crippen LogP contribution in [-0.2, 0) is 11.2 Å². The summed E-state index contributed by atoms with van der Waals surface area (Å²) >= 11 is 0. The number of hydrogen-bond acceptors (Lipinski definition) is 7. The first-order valence-corrected chi connectivity index (χ1v) is 10.6. The molecule has 0 bridgehead atoms. The molecule has 0 radical (unpaired) electrons. The molecule has 8 nitrogen and oxygen atoms in total. The third kappa shape index (κ3) is 5.05. The van der Waals surface area contributed by atoms with Gasteiger partial charge >= 0.3 is 0 Å². The zero-order valence-corrected chi connectivity index (χ0v) is 17.9. The maximum absolute atomic E-state index is 8.36. The first-order chi connectivity index (χ1) is 14.7. The van der Waals surface area contributed by atoms with Gasteiger partial charge in [-0.1, -0.05) is 0 Å². The molecule has 2 aliphatic heterocycles. The minimum Gasteiger partial charge on any atom is -0.493 e. The molecule has 1 saturated heterocycles. The lowest BCUT2D eigenvalue weighted by atomic mass is 10.00. The number of carboxylic acid groups (broad SMARTS) is 1. The molecule has 1 aromatic carbocycles. The fourth-order valence-electron chi connectivity index (χ4n) is 4.19. The van der Waals surface area contributed by atoms with Crippen molar-refractivity contribution in [3.05, 3.63) is 17.7 Å². The van der Waals surface area contributed by atoms with Gasteiger partial charge in [-0.2, -0.15) is 0 Å². The first-order valence-electron chi connectivity index (χ1n) is 10.6. The predicted octanol–water partition coefficient (Wildman–Crippen LogP) is 3.21. The van der Waals surface area contributed by atoms with E-state index in [4.69, 9.17) is 24.4 Å². The third-order valence-electron chi connectivity index (χ3n) is 5.59. The second-order valence-electron chi connectivity index (χ2n) is 7.47. The van der Waals surface area contributed by atoms with Crippen LogP contribution < -0.4 is 20.1 Å². The van der Waals surface area contributed by atoms with E-state index >= 15 is 0 Å².